The van der Waals surface area contributed by atoms with Gasteiger partial charge in [0.1, 0.15) is 6.61 Å². The van der Waals surface area contributed by atoms with Gasteiger partial charge in [0, 0.05) is 19.4 Å². The van der Waals surface area contributed by atoms with Crippen LogP contribution in [0, 0.1) is 0 Å². The molecule has 0 saturated carbocycles. The zero-order valence-electron chi connectivity index (χ0n) is 16.2. The number of methoxy groups -OCH3 is 1. The van der Waals surface area contributed by atoms with Crippen molar-refractivity contribution in [2.45, 2.75) is 32.8 Å². The smallest absolute Gasteiger partial charge is 0.335 e. The number of hydrogen-bond donors (Lipinski definition) is 0. The predicted molar refractivity (Wildman–Crippen MR) is 106 cm³/mol. The van der Waals surface area contributed by atoms with Crippen molar-refractivity contribution in [2.75, 3.05) is 20.3 Å². The first-order valence-corrected chi connectivity index (χ1v) is 9.13. The molecule has 5 nitrogen and oxygen atoms in total. The van der Waals surface area contributed by atoms with Crippen LogP contribution in [0.4, 0.5) is 0 Å². The van der Waals surface area contributed by atoms with Crippen molar-refractivity contribution in [3.05, 3.63) is 71.3 Å². The lowest BCUT2D eigenvalue weighted by Gasteiger charge is -2.15. The van der Waals surface area contributed by atoms with Gasteiger partial charge >= 0.3 is 5.97 Å². The maximum atomic E-state index is 11.8. The Labute approximate surface area is 160 Å². The summed E-state index contributed by atoms with van der Waals surface area (Å²) >= 11 is 0. The standard InChI is InChI=1S/C22H27NO4/c1-4-26-21(22(24)25-3)16-19-11-8-12-20(15-19)17(2)23-27-14-13-18-9-6-5-7-10-18/h5-12,15,21H,4,13-14,16H2,1-3H3/b23-17+/t21-/m0/s1. The largest absolute Gasteiger partial charge is 0.467 e. The van der Waals surface area contributed by atoms with Crippen molar-refractivity contribution in [1.82, 2.24) is 0 Å². The molecule has 0 bridgehead atoms. The molecule has 144 valence electrons. The molecule has 0 N–H and O–H groups in total. The normalized spacial score (nSPS) is 12.5. The average molecular weight is 369 g/mol. The SMILES string of the molecule is CCO[C@@H](Cc1cccc(/C(C)=N/OCCc2ccccc2)c1)C(=O)OC. The van der Waals surface area contributed by atoms with Gasteiger partial charge in [-0.15, -0.1) is 0 Å². The van der Waals surface area contributed by atoms with E-state index >= 15 is 0 Å². The van der Waals surface area contributed by atoms with Crippen LogP contribution in [-0.4, -0.2) is 38.1 Å². The van der Waals surface area contributed by atoms with E-state index < -0.39 is 6.10 Å². The number of nitrogens with zero attached hydrogens (tertiary/aromatic N) is 1. The van der Waals surface area contributed by atoms with Gasteiger partial charge in [0.2, 0.25) is 0 Å². The number of ether oxygens (including phenoxy) is 2. The van der Waals surface area contributed by atoms with Crippen LogP contribution >= 0.6 is 0 Å². The van der Waals surface area contributed by atoms with E-state index in [1.54, 1.807) is 0 Å². The third kappa shape index (κ3) is 6.87. The van der Waals surface area contributed by atoms with Gasteiger partial charge < -0.3 is 14.3 Å². The number of hydrogen-bond acceptors (Lipinski definition) is 5. The minimum Gasteiger partial charge on any atom is -0.467 e. The number of carbonyl (C=O) groups is 1. The zero-order chi connectivity index (χ0) is 19.5. The maximum absolute atomic E-state index is 11.8. The Morgan fingerprint density at radius 1 is 1.07 bits per heavy atom. The second-order valence-electron chi connectivity index (χ2n) is 6.12. The molecule has 2 aromatic carbocycles. The maximum Gasteiger partial charge on any atom is 0.335 e. The topological polar surface area (TPSA) is 57.1 Å². The van der Waals surface area contributed by atoms with Crippen LogP contribution in [0.5, 0.6) is 0 Å². The van der Waals surface area contributed by atoms with Crippen LogP contribution < -0.4 is 0 Å². The summed E-state index contributed by atoms with van der Waals surface area (Å²) < 4.78 is 10.3. The number of benzene rings is 2. The summed E-state index contributed by atoms with van der Waals surface area (Å²) in [6.07, 6.45) is 0.665. The van der Waals surface area contributed by atoms with Crippen LogP contribution in [0.25, 0.3) is 0 Å². The molecular weight excluding hydrogens is 342 g/mol. The fraction of sp³-hybridized carbons (Fsp3) is 0.364. The van der Waals surface area contributed by atoms with Crippen molar-refractivity contribution in [3.8, 4) is 0 Å². The van der Waals surface area contributed by atoms with Gasteiger partial charge in [-0.2, -0.15) is 0 Å². The quantitative estimate of drug-likeness (QED) is 0.277. The van der Waals surface area contributed by atoms with Gasteiger partial charge in [0.05, 0.1) is 12.8 Å². The summed E-state index contributed by atoms with van der Waals surface area (Å²) in [7, 11) is 1.37. The van der Waals surface area contributed by atoms with E-state index in [-0.39, 0.29) is 5.97 Å². The van der Waals surface area contributed by atoms with Gasteiger partial charge in [0.25, 0.3) is 0 Å². The molecule has 0 aliphatic rings. The minimum absolute atomic E-state index is 0.364. The van der Waals surface area contributed by atoms with E-state index in [0.717, 1.165) is 23.3 Å². The summed E-state index contributed by atoms with van der Waals surface area (Å²) in [6.45, 7) is 4.74. The zero-order valence-corrected chi connectivity index (χ0v) is 16.2. The van der Waals surface area contributed by atoms with E-state index in [0.29, 0.717) is 19.6 Å². The Morgan fingerprint density at radius 3 is 2.52 bits per heavy atom. The summed E-state index contributed by atoms with van der Waals surface area (Å²) in [5.41, 5.74) is 3.94. The first-order valence-electron chi connectivity index (χ1n) is 9.13. The molecular formula is C22H27NO4. The first kappa shape index (κ1) is 20.6. The highest BCUT2D eigenvalue weighted by Crippen LogP contribution is 2.12. The monoisotopic (exact) mass is 369 g/mol. The van der Waals surface area contributed by atoms with Crippen LogP contribution in [-0.2, 0) is 31.9 Å². The molecule has 0 saturated heterocycles. The molecule has 1 atom stereocenters. The molecule has 5 heteroatoms. The Morgan fingerprint density at radius 2 is 1.81 bits per heavy atom. The third-order valence-electron chi connectivity index (χ3n) is 4.12. The molecule has 0 radical (unpaired) electrons. The summed E-state index contributed by atoms with van der Waals surface area (Å²) in [5, 5.41) is 4.21. The minimum atomic E-state index is -0.602. The van der Waals surface area contributed by atoms with Crippen molar-refractivity contribution >= 4 is 11.7 Å². The second-order valence-corrected chi connectivity index (χ2v) is 6.12. The van der Waals surface area contributed by atoms with Gasteiger partial charge in [0.15, 0.2) is 6.10 Å². The van der Waals surface area contributed by atoms with Crippen LogP contribution in [0.1, 0.15) is 30.5 Å². The predicted octanol–water partition coefficient (Wildman–Crippen LogP) is 3.79. The van der Waals surface area contributed by atoms with Crippen molar-refractivity contribution in [3.63, 3.8) is 0 Å². The lowest BCUT2D eigenvalue weighted by Crippen LogP contribution is -2.28. The molecule has 2 aromatic rings. The van der Waals surface area contributed by atoms with Crippen LogP contribution in [0.15, 0.2) is 59.8 Å². The van der Waals surface area contributed by atoms with Gasteiger partial charge in [-0.3, -0.25) is 0 Å². The Balaban J connectivity index is 1.95. The van der Waals surface area contributed by atoms with Gasteiger partial charge in [-0.05, 0) is 36.6 Å². The molecule has 0 aliphatic heterocycles. The second kappa shape index (κ2) is 11.1. The lowest BCUT2D eigenvalue weighted by molar-refractivity contribution is -0.153. The average Bonchev–Trinajstić information content (AvgIpc) is 2.71. The Kier molecular flexibility index (Phi) is 8.52. The molecule has 2 rings (SSSR count). The van der Waals surface area contributed by atoms with E-state index in [9.17, 15) is 4.79 Å². The number of rotatable bonds is 10. The molecule has 0 amide bonds. The Bertz CT molecular complexity index is 743. The third-order valence-corrected chi connectivity index (χ3v) is 4.12. The van der Waals surface area contributed by atoms with Crippen molar-refractivity contribution < 1.29 is 19.1 Å². The molecule has 0 spiro atoms. The highest BCUT2D eigenvalue weighted by Gasteiger charge is 2.20. The fourth-order valence-corrected chi connectivity index (χ4v) is 2.68. The summed E-state index contributed by atoms with van der Waals surface area (Å²) in [4.78, 5) is 17.3. The summed E-state index contributed by atoms with van der Waals surface area (Å²) in [5.74, 6) is -0.364. The molecule has 0 aromatic heterocycles. The van der Waals surface area contributed by atoms with E-state index in [1.807, 2.05) is 56.3 Å². The molecule has 0 aliphatic carbocycles. The van der Waals surface area contributed by atoms with Crippen LogP contribution in [0.2, 0.25) is 0 Å². The highest BCUT2D eigenvalue weighted by atomic mass is 16.6. The number of esters is 1. The number of oxime groups is 1. The number of carbonyl (C=O) groups excluding carboxylic acids is 1. The van der Waals surface area contributed by atoms with E-state index in [2.05, 4.69) is 17.3 Å². The van der Waals surface area contributed by atoms with E-state index in [1.165, 1.54) is 12.7 Å². The van der Waals surface area contributed by atoms with Crippen molar-refractivity contribution in [1.29, 1.82) is 0 Å². The van der Waals surface area contributed by atoms with Gasteiger partial charge in [-0.25, -0.2) is 4.79 Å². The lowest BCUT2D eigenvalue weighted by atomic mass is 10.0. The molecule has 0 unspecified atom stereocenters. The summed E-state index contributed by atoms with van der Waals surface area (Å²) in [6, 6.07) is 18.0. The van der Waals surface area contributed by atoms with Crippen LogP contribution in [0.3, 0.4) is 0 Å². The first-order chi connectivity index (χ1) is 13.1. The molecule has 0 heterocycles. The van der Waals surface area contributed by atoms with Crippen molar-refractivity contribution in [2.24, 2.45) is 5.16 Å². The Hall–Kier alpha value is -2.66. The van der Waals surface area contributed by atoms with Gasteiger partial charge in [-0.1, -0.05) is 53.7 Å². The highest BCUT2D eigenvalue weighted by molar-refractivity contribution is 5.98. The fourth-order valence-electron chi connectivity index (χ4n) is 2.68. The molecule has 27 heavy (non-hydrogen) atoms. The molecule has 0 fully saturated rings. The van der Waals surface area contributed by atoms with E-state index in [4.69, 9.17) is 14.3 Å².